The van der Waals surface area contributed by atoms with Crippen LogP contribution in [0.3, 0.4) is 0 Å². The summed E-state index contributed by atoms with van der Waals surface area (Å²) in [5.74, 6) is 0.149. The highest BCUT2D eigenvalue weighted by atomic mass is 16.3. The van der Waals surface area contributed by atoms with E-state index in [9.17, 15) is 5.11 Å². The summed E-state index contributed by atoms with van der Waals surface area (Å²) in [6.07, 6.45) is 2.04. The summed E-state index contributed by atoms with van der Waals surface area (Å²) in [6, 6.07) is 9.61. The Balaban J connectivity index is 2.76. The topological polar surface area (TPSA) is 52.8 Å². The van der Waals surface area contributed by atoms with Gasteiger partial charge < -0.3 is 10.2 Å². The van der Waals surface area contributed by atoms with E-state index < -0.39 is 0 Å². The van der Waals surface area contributed by atoms with Crippen molar-refractivity contribution in [3.8, 4) is 0 Å². The second-order valence-corrected chi connectivity index (χ2v) is 3.17. The Labute approximate surface area is 89.4 Å². The van der Waals surface area contributed by atoms with Crippen LogP contribution in [0.2, 0.25) is 0 Å². The molecule has 0 atom stereocenters. The predicted molar refractivity (Wildman–Crippen MR) is 61.1 cm³/mol. The van der Waals surface area contributed by atoms with Crippen LogP contribution in [-0.2, 0) is 0 Å². The van der Waals surface area contributed by atoms with Crippen molar-refractivity contribution in [2.45, 2.75) is 13.3 Å². The third-order valence-corrected chi connectivity index (χ3v) is 1.94. The zero-order valence-electron chi connectivity index (χ0n) is 8.72. The van der Waals surface area contributed by atoms with Gasteiger partial charge in [0.15, 0.2) is 0 Å². The number of rotatable bonds is 4. The number of aliphatic hydroxyl groups is 2. The Kier molecular flexibility index (Phi) is 4.57. The summed E-state index contributed by atoms with van der Waals surface area (Å²) in [4.78, 5) is 4.13. The summed E-state index contributed by atoms with van der Waals surface area (Å²) in [5.41, 5.74) is 1.48. The first-order valence-corrected chi connectivity index (χ1v) is 4.82. The van der Waals surface area contributed by atoms with Crippen LogP contribution in [0.5, 0.6) is 0 Å². The Morgan fingerprint density at radius 1 is 1.33 bits per heavy atom. The SMILES string of the molecule is C/C(O)=C(\CCO)N=Cc1ccccc1. The first-order valence-electron chi connectivity index (χ1n) is 4.82. The van der Waals surface area contributed by atoms with Gasteiger partial charge >= 0.3 is 0 Å². The van der Waals surface area contributed by atoms with Gasteiger partial charge in [-0.15, -0.1) is 0 Å². The van der Waals surface area contributed by atoms with Crippen molar-refractivity contribution < 1.29 is 10.2 Å². The number of hydrogen-bond donors (Lipinski definition) is 2. The summed E-state index contributed by atoms with van der Waals surface area (Å²) >= 11 is 0. The van der Waals surface area contributed by atoms with Gasteiger partial charge in [-0.25, -0.2) is 0 Å². The van der Waals surface area contributed by atoms with Crippen LogP contribution in [0.25, 0.3) is 0 Å². The van der Waals surface area contributed by atoms with Crippen molar-refractivity contribution in [1.82, 2.24) is 0 Å². The molecular weight excluding hydrogens is 190 g/mol. The van der Waals surface area contributed by atoms with Crippen LogP contribution in [0, 0.1) is 0 Å². The molecule has 1 rings (SSSR count). The summed E-state index contributed by atoms with van der Waals surface area (Å²) in [5, 5.41) is 18.0. The first-order chi connectivity index (χ1) is 7.24. The third-order valence-electron chi connectivity index (χ3n) is 1.94. The van der Waals surface area contributed by atoms with E-state index in [1.54, 1.807) is 13.1 Å². The second-order valence-electron chi connectivity index (χ2n) is 3.17. The van der Waals surface area contributed by atoms with Gasteiger partial charge in [-0.05, 0) is 12.5 Å². The van der Waals surface area contributed by atoms with Gasteiger partial charge in [-0.2, -0.15) is 0 Å². The largest absolute Gasteiger partial charge is 0.511 e. The number of hydrogen-bond acceptors (Lipinski definition) is 3. The number of allylic oxidation sites excluding steroid dienone is 1. The maximum atomic E-state index is 9.28. The molecule has 0 aromatic heterocycles. The normalized spacial score (nSPS) is 12.9. The van der Waals surface area contributed by atoms with Gasteiger partial charge in [0.2, 0.25) is 0 Å². The quantitative estimate of drug-likeness (QED) is 0.585. The molecule has 0 fully saturated rings. The van der Waals surface area contributed by atoms with Crippen LogP contribution in [-0.4, -0.2) is 23.0 Å². The van der Waals surface area contributed by atoms with Crippen molar-refractivity contribution in [3.05, 3.63) is 47.4 Å². The molecule has 1 aromatic carbocycles. The van der Waals surface area contributed by atoms with E-state index in [1.807, 2.05) is 30.3 Å². The van der Waals surface area contributed by atoms with Gasteiger partial charge in [-0.1, -0.05) is 30.3 Å². The smallest absolute Gasteiger partial charge is 0.111 e. The molecule has 0 radical (unpaired) electrons. The zero-order chi connectivity index (χ0) is 11.1. The average Bonchev–Trinajstić information content (AvgIpc) is 2.25. The Morgan fingerprint density at radius 2 is 2.00 bits per heavy atom. The minimum atomic E-state index is -0.0145. The van der Waals surface area contributed by atoms with Crippen molar-refractivity contribution in [3.63, 3.8) is 0 Å². The zero-order valence-corrected chi connectivity index (χ0v) is 8.72. The molecule has 0 amide bonds. The maximum absolute atomic E-state index is 9.28. The highest BCUT2D eigenvalue weighted by Gasteiger charge is 1.97. The molecule has 3 nitrogen and oxygen atoms in total. The van der Waals surface area contributed by atoms with Crippen molar-refractivity contribution >= 4 is 6.21 Å². The number of aliphatic hydroxyl groups excluding tert-OH is 2. The summed E-state index contributed by atoms with van der Waals surface area (Å²) in [7, 11) is 0. The molecule has 0 saturated heterocycles. The molecule has 0 heterocycles. The predicted octanol–water partition coefficient (Wildman–Crippen LogP) is 2.28. The van der Waals surface area contributed by atoms with Gasteiger partial charge in [0.05, 0.1) is 5.70 Å². The number of nitrogens with zero attached hydrogens (tertiary/aromatic N) is 1. The molecule has 1 aromatic rings. The fraction of sp³-hybridized carbons (Fsp3) is 0.250. The lowest BCUT2D eigenvalue weighted by Gasteiger charge is -2.00. The molecule has 0 unspecified atom stereocenters. The van der Waals surface area contributed by atoms with E-state index >= 15 is 0 Å². The molecule has 0 aliphatic rings. The first kappa shape index (κ1) is 11.5. The summed E-state index contributed by atoms with van der Waals surface area (Å²) in [6.45, 7) is 1.55. The van der Waals surface area contributed by atoms with Crippen molar-refractivity contribution in [2.75, 3.05) is 6.61 Å². The molecule has 0 spiro atoms. The van der Waals surface area contributed by atoms with E-state index in [4.69, 9.17) is 5.11 Å². The molecule has 0 saturated carbocycles. The Hall–Kier alpha value is -1.61. The van der Waals surface area contributed by atoms with E-state index in [1.165, 1.54) is 0 Å². The van der Waals surface area contributed by atoms with Crippen molar-refractivity contribution in [1.29, 1.82) is 0 Å². The fourth-order valence-corrected chi connectivity index (χ4v) is 1.14. The second kappa shape index (κ2) is 5.98. The van der Waals surface area contributed by atoms with Crippen molar-refractivity contribution in [2.24, 2.45) is 4.99 Å². The Morgan fingerprint density at radius 3 is 2.53 bits per heavy atom. The molecule has 2 N–H and O–H groups in total. The average molecular weight is 205 g/mol. The third kappa shape index (κ3) is 3.95. The van der Waals surface area contributed by atoms with E-state index in [2.05, 4.69) is 4.99 Å². The molecule has 0 aliphatic carbocycles. The number of benzene rings is 1. The van der Waals surface area contributed by atoms with Gasteiger partial charge in [-0.3, -0.25) is 4.99 Å². The number of aliphatic imine (C=N–C) groups is 1. The molecule has 80 valence electrons. The molecule has 15 heavy (non-hydrogen) atoms. The van der Waals surface area contributed by atoms with Crippen LogP contribution in [0.1, 0.15) is 18.9 Å². The van der Waals surface area contributed by atoms with Crippen LogP contribution < -0.4 is 0 Å². The minimum absolute atomic E-state index is 0.0145. The maximum Gasteiger partial charge on any atom is 0.111 e. The highest BCUT2D eigenvalue weighted by Crippen LogP contribution is 2.07. The van der Waals surface area contributed by atoms with E-state index in [-0.39, 0.29) is 12.4 Å². The molecular formula is C12H15NO2. The molecule has 0 aliphatic heterocycles. The van der Waals surface area contributed by atoms with Crippen LogP contribution >= 0.6 is 0 Å². The lowest BCUT2D eigenvalue weighted by Crippen LogP contribution is -1.91. The van der Waals surface area contributed by atoms with E-state index in [0.717, 1.165) is 5.56 Å². The molecule has 3 heteroatoms. The highest BCUT2D eigenvalue weighted by molar-refractivity contribution is 5.80. The summed E-state index contributed by atoms with van der Waals surface area (Å²) < 4.78 is 0. The minimum Gasteiger partial charge on any atom is -0.511 e. The van der Waals surface area contributed by atoms with Crippen LogP contribution in [0.15, 0.2) is 46.8 Å². The van der Waals surface area contributed by atoms with Gasteiger partial charge in [0, 0.05) is 19.2 Å². The molecule has 0 bridgehead atoms. The van der Waals surface area contributed by atoms with Crippen LogP contribution in [0.4, 0.5) is 0 Å². The standard InChI is InChI=1S/C12H15NO2/c1-10(15)12(7-8-14)13-9-11-5-3-2-4-6-11/h2-6,9,14-15H,7-8H2,1H3/b12-10-,13-9?. The van der Waals surface area contributed by atoms with E-state index in [0.29, 0.717) is 12.1 Å². The lowest BCUT2D eigenvalue weighted by molar-refractivity contribution is 0.294. The lowest BCUT2D eigenvalue weighted by atomic mass is 10.2. The fourth-order valence-electron chi connectivity index (χ4n) is 1.14. The Bertz CT molecular complexity index is 351. The monoisotopic (exact) mass is 205 g/mol. The van der Waals surface area contributed by atoms with Gasteiger partial charge in [0.25, 0.3) is 0 Å². The van der Waals surface area contributed by atoms with Gasteiger partial charge in [0.1, 0.15) is 5.76 Å².